The van der Waals surface area contributed by atoms with Crippen LogP contribution in [0.15, 0.2) is 72.8 Å². The summed E-state index contributed by atoms with van der Waals surface area (Å²) in [4.78, 5) is 40.2. The molecule has 2 aliphatic heterocycles. The number of aliphatic hydroxyl groups excluding tert-OH is 1. The van der Waals surface area contributed by atoms with Crippen molar-refractivity contribution in [2.24, 2.45) is 5.92 Å². The van der Waals surface area contributed by atoms with Gasteiger partial charge in [0, 0.05) is 36.7 Å². The normalized spacial score (nSPS) is 24.3. The lowest BCUT2D eigenvalue weighted by Crippen LogP contribution is -2.61. The maximum atomic E-state index is 13.8. The third-order valence-electron chi connectivity index (χ3n) is 10.9. The van der Waals surface area contributed by atoms with Crippen molar-refractivity contribution in [2.75, 3.05) is 19.7 Å². The van der Waals surface area contributed by atoms with Crippen LogP contribution in [-0.2, 0) is 37.0 Å². The van der Waals surface area contributed by atoms with E-state index in [1.165, 1.54) is 19.3 Å². The van der Waals surface area contributed by atoms with Gasteiger partial charge in [-0.15, -0.1) is 0 Å². The van der Waals surface area contributed by atoms with E-state index in [1.54, 1.807) is 6.92 Å². The molecule has 0 bridgehead atoms. The van der Waals surface area contributed by atoms with Crippen LogP contribution in [0, 0.1) is 5.92 Å². The van der Waals surface area contributed by atoms with E-state index in [0.29, 0.717) is 24.9 Å². The molecule has 6 rings (SSSR count). The van der Waals surface area contributed by atoms with Gasteiger partial charge in [0.1, 0.15) is 6.54 Å². The number of piperidine rings is 1. The number of benzene rings is 3. The maximum Gasteiger partial charge on any atom is 0.325 e. The standard InChI is InChI=1S/C44H58N4O7/c1-5-53-40(50)26-46-43(52)45-25-30-10-8-12-33(22-30)34-13-9-14-35(23-34)42-54-36(24-39(55-42)32-18-16-29(28-49)17-19-32)27-48-37-15-7-6-11-31(37)20-21-38(48)41(51)47-44(2,3)4/h8-10,12-14,16-19,22-23,31,36-39,42,49H,5-7,11,15,20-21,24-28H2,1-4H3,(H,47,51)(H2,45,46,52)/t31-,36-,37-,38-,39+,42+/m1/s1. The molecule has 11 heteroatoms. The highest BCUT2D eigenvalue weighted by Crippen LogP contribution is 2.42. The largest absolute Gasteiger partial charge is 0.465 e. The molecule has 2 heterocycles. The smallest absolute Gasteiger partial charge is 0.325 e. The number of carbonyl (C=O) groups excluding carboxylic acids is 3. The number of carbonyl (C=O) groups is 3. The number of hydrogen-bond acceptors (Lipinski definition) is 8. The number of nitrogens with one attached hydrogen (secondary N) is 3. The second-order valence-corrected chi connectivity index (χ2v) is 16.2. The Labute approximate surface area is 325 Å². The van der Waals surface area contributed by atoms with Gasteiger partial charge in [-0.05, 0) is 99.2 Å². The summed E-state index contributed by atoms with van der Waals surface area (Å²) in [6, 6.07) is 23.7. The Morgan fingerprint density at radius 2 is 1.60 bits per heavy atom. The van der Waals surface area contributed by atoms with Crippen LogP contribution in [0.25, 0.3) is 11.1 Å². The number of likely N-dealkylation sites (tertiary alicyclic amines) is 1. The minimum Gasteiger partial charge on any atom is -0.465 e. The van der Waals surface area contributed by atoms with E-state index in [2.05, 4.69) is 26.9 Å². The van der Waals surface area contributed by atoms with Crippen molar-refractivity contribution >= 4 is 17.9 Å². The molecule has 4 N–H and O–H groups in total. The quantitative estimate of drug-likeness (QED) is 0.150. The zero-order valence-corrected chi connectivity index (χ0v) is 32.7. The van der Waals surface area contributed by atoms with Crippen molar-refractivity contribution in [3.63, 3.8) is 0 Å². The van der Waals surface area contributed by atoms with Crippen LogP contribution in [0.1, 0.15) is 107 Å². The van der Waals surface area contributed by atoms with Crippen LogP contribution in [0.5, 0.6) is 0 Å². The Kier molecular flexibility index (Phi) is 13.6. The van der Waals surface area contributed by atoms with Crippen molar-refractivity contribution in [1.29, 1.82) is 0 Å². The van der Waals surface area contributed by atoms with E-state index in [1.807, 2.05) is 87.5 Å². The number of hydrogen-bond donors (Lipinski definition) is 4. The van der Waals surface area contributed by atoms with Crippen molar-refractivity contribution in [3.05, 3.63) is 95.1 Å². The van der Waals surface area contributed by atoms with Gasteiger partial charge < -0.3 is 35.3 Å². The summed E-state index contributed by atoms with van der Waals surface area (Å²) in [7, 11) is 0. The fraction of sp³-hybridized carbons (Fsp3) is 0.523. The first-order valence-electron chi connectivity index (χ1n) is 19.9. The van der Waals surface area contributed by atoms with Gasteiger partial charge >= 0.3 is 12.0 Å². The Morgan fingerprint density at radius 3 is 2.35 bits per heavy atom. The first kappa shape index (κ1) is 40.4. The second-order valence-electron chi connectivity index (χ2n) is 16.2. The predicted molar refractivity (Wildman–Crippen MR) is 211 cm³/mol. The molecular weight excluding hydrogens is 697 g/mol. The topological polar surface area (TPSA) is 138 Å². The number of amides is 3. The highest BCUT2D eigenvalue weighted by atomic mass is 16.7. The molecule has 55 heavy (non-hydrogen) atoms. The van der Waals surface area contributed by atoms with E-state index in [0.717, 1.165) is 52.6 Å². The Morgan fingerprint density at radius 1 is 0.855 bits per heavy atom. The molecule has 0 aromatic heterocycles. The monoisotopic (exact) mass is 754 g/mol. The number of urea groups is 1. The van der Waals surface area contributed by atoms with Crippen LogP contribution in [0.2, 0.25) is 0 Å². The molecule has 11 nitrogen and oxygen atoms in total. The average Bonchev–Trinajstić information content (AvgIpc) is 3.19. The van der Waals surface area contributed by atoms with Crippen LogP contribution >= 0.6 is 0 Å². The summed E-state index contributed by atoms with van der Waals surface area (Å²) >= 11 is 0. The molecule has 0 radical (unpaired) electrons. The lowest BCUT2D eigenvalue weighted by molar-refractivity contribution is -0.255. The highest BCUT2D eigenvalue weighted by Gasteiger charge is 2.44. The first-order chi connectivity index (χ1) is 26.5. The minimum absolute atomic E-state index is 0.0254. The second kappa shape index (κ2) is 18.6. The molecule has 0 spiro atoms. The van der Waals surface area contributed by atoms with E-state index >= 15 is 0 Å². The van der Waals surface area contributed by atoms with Gasteiger partial charge in [-0.2, -0.15) is 0 Å². The molecule has 3 aliphatic rings. The molecule has 3 aromatic carbocycles. The lowest BCUT2D eigenvalue weighted by Gasteiger charge is -2.50. The van der Waals surface area contributed by atoms with Crippen LogP contribution < -0.4 is 16.0 Å². The van der Waals surface area contributed by atoms with E-state index in [9.17, 15) is 19.5 Å². The lowest BCUT2D eigenvalue weighted by atomic mass is 9.75. The zero-order chi connectivity index (χ0) is 39.0. The summed E-state index contributed by atoms with van der Waals surface area (Å²) in [5.74, 6) is 0.199. The molecule has 1 saturated carbocycles. The summed E-state index contributed by atoms with van der Waals surface area (Å²) in [5, 5.41) is 18.3. The first-order valence-corrected chi connectivity index (χ1v) is 19.9. The molecule has 3 amide bonds. The minimum atomic E-state index is -0.650. The molecule has 2 saturated heterocycles. The molecule has 3 fully saturated rings. The predicted octanol–water partition coefficient (Wildman–Crippen LogP) is 6.69. The van der Waals surface area contributed by atoms with Gasteiger partial charge in [-0.1, -0.05) is 73.5 Å². The summed E-state index contributed by atoms with van der Waals surface area (Å²) in [5.41, 5.74) is 5.28. The Hall–Kier alpha value is -4.29. The average molecular weight is 755 g/mol. The van der Waals surface area contributed by atoms with Gasteiger partial charge in [-0.25, -0.2) is 4.79 Å². The number of nitrogens with zero attached hydrogens (tertiary/aromatic N) is 1. The van der Waals surface area contributed by atoms with Crippen molar-refractivity contribution < 1.29 is 33.7 Å². The molecule has 296 valence electrons. The van der Waals surface area contributed by atoms with Gasteiger partial charge in [0.25, 0.3) is 0 Å². The van der Waals surface area contributed by atoms with Crippen LogP contribution in [0.4, 0.5) is 4.79 Å². The summed E-state index contributed by atoms with van der Waals surface area (Å²) < 4.78 is 18.5. The SMILES string of the molecule is CCOC(=O)CNC(=O)NCc1cccc(-c2cccc([C@H]3O[C@@H](CN4[C@@H](C(=O)NC(C)(C)C)CC[C@H]5CCCC[C@H]54)C[C@@H](c4ccc(CO)cc4)O3)c2)c1. The molecule has 0 unspecified atom stereocenters. The maximum absolute atomic E-state index is 13.8. The third-order valence-corrected chi connectivity index (χ3v) is 10.9. The van der Waals surface area contributed by atoms with Gasteiger partial charge in [0.15, 0.2) is 6.29 Å². The highest BCUT2D eigenvalue weighted by molar-refractivity contribution is 5.82. The van der Waals surface area contributed by atoms with E-state index in [4.69, 9.17) is 14.2 Å². The van der Waals surface area contributed by atoms with E-state index in [-0.39, 0.29) is 56.0 Å². The summed E-state index contributed by atoms with van der Waals surface area (Å²) in [6.45, 7) is 8.79. The third kappa shape index (κ3) is 10.9. The molecule has 3 aromatic rings. The fourth-order valence-corrected chi connectivity index (χ4v) is 8.33. The van der Waals surface area contributed by atoms with Crippen molar-refractivity contribution in [3.8, 4) is 11.1 Å². The number of fused-ring (bicyclic) bond motifs is 1. The summed E-state index contributed by atoms with van der Waals surface area (Å²) in [6.07, 6.45) is 6.19. The number of rotatable bonds is 12. The molecule has 1 aliphatic carbocycles. The van der Waals surface area contributed by atoms with Gasteiger partial charge in [0.05, 0.1) is 31.5 Å². The fourth-order valence-electron chi connectivity index (χ4n) is 8.33. The Balaban J connectivity index is 1.22. The van der Waals surface area contributed by atoms with Crippen molar-refractivity contribution in [2.45, 2.75) is 122 Å². The van der Waals surface area contributed by atoms with Crippen LogP contribution in [0.3, 0.4) is 0 Å². The Bertz CT molecular complexity index is 1760. The zero-order valence-electron chi connectivity index (χ0n) is 32.7. The van der Waals surface area contributed by atoms with Crippen molar-refractivity contribution in [1.82, 2.24) is 20.9 Å². The van der Waals surface area contributed by atoms with E-state index < -0.39 is 18.3 Å². The van der Waals surface area contributed by atoms with Crippen LogP contribution in [-0.4, -0.2) is 71.3 Å². The van der Waals surface area contributed by atoms with Gasteiger partial charge in [0.2, 0.25) is 5.91 Å². The van der Waals surface area contributed by atoms with Gasteiger partial charge in [-0.3, -0.25) is 14.5 Å². The number of ether oxygens (including phenoxy) is 3. The molecular formula is C44H58N4O7. The number of aliphatic hydroxyl groups is 1. The number of esters is 1. The molecule has 6 atom stereocenters.